The molecule has 1 amide bonds. The third kappa shape index (κ3) is 6.62. The molecular formula is C20H18F3NO3. The molecule has 0 radical (unpaired) electrons. The van der Waals surface area contributed by atoms with Crippen LogP contribution in [0.2, 0.25) is 0 Å². The van der Waals surface area contributed by atoms with Crippen molar-refractivity contribution in [3.8, 4) is 0 Å². The Morgan fingerprint density at radius 3 is 2.48 bits per heavy atom. The Morgan fingerprint density at radius 1 is 1.11 bits per heavy atom. The molecule has 1 N–H and O–H groups in total. The van der Waals surface area contributed by atoms with E-state index >= 15 is 0 Å². The van der Waals surface area contributed by atoms with Crippen LogP contribution in [-0.2, 0) is 20.5 Å². The van der Waals surface area contributed by atoms with Crippen LogP contribution in [0.4, 0.5) is 13.2 Å². The van der Waals surface area contributed by atoms with Crippen LogP contribution < -0.4 is 5.32 Å². The first-order chi connectivity index (χ1) is 12.8. The van der Waals surface area contributed by atoms with Crippen molar-refractivity contribution in [3.05, 3.63) is 77.4 Å². The van der Waals surface area contributed by atoms with Gasteiger partial charge in [-0.2, -0.15) is 13.2 Å². The minimum atomic E-state index is -4.46. The average Bonchev–Trinajstić information content (AvgIpc) is 2.65. The van der Waals surface area contributed by atoms with Gasteiger partial charge in [-0.25, -0.2) is 4.79 Å². The maximum Gasteiger partial charge on any atom is 0.416 e. The van der Waals surface area contributed by atoms with E-state index in [1.54, 1.807) is 6.92 Å². The van der Waals surface area contributed by atoms with E-state index in [2.05, 4.69) is 5.32 Å². The van der Waals surface area contributed by atoms with Crippen molar-refractivity contribution in [1.82, 2.24) is 5.32 Å². The number of alkyl halides is 3. The molecule has 0 saturated carbocycles. The lowest BCUT2D eigenvalue weighted by molar-refractivity contribution is -0.144. The van der Waals surface area contributed by atoms with Crippen LogP contribution in [0.15, 0.2) is 60.7 Å². The van der Waals surface area contributed by atoms with E-state index in [9.17, 15) is 22.8 Å². The fourth-order valence-electron chi connectivity index (χ4n) is 2.28. The molecule has 0 aliphatic rings. The number of nitrogens with one attached hydrogen (secondary N) is 1. The molecule has 0 bridgehead atoms. The second kappa shape index (κ2) is 9.02. The zero-order chi connectivity index (χ0) is 19.9. The highest BCUT2D eigenvalue weighted by atomic mass is 19.4. The van der Waals surface area contributed by atoms with Crippen LogP contribution in [0.25, 0.3) is 6.08 Å². The standard InChI is InChI=1S/C20H18F3NO3/c1-14(16-7-3-2-4-8-16)24-18(25)13-27-19(26)11-10-15-6-5-9-17(12-15)20(21,22)23/h2-12,14H,13H2,1H3,(H,24,25)/b11-10+/t14-/m1/s1. The van der Waals surface area contributed by atoms with E-state index < -0.39 is 30.2 Å². The van der Waals surface area contributed by atoms with Gasteiger partial charge in [0, 0.05) is 6.08 Å². The zero-order valence-electron chi connectivity index (χ0n) is 14.5. The molecule has 0 aliphatic carbocycles. The highest BCUT2D eigenvalue weighted by Gasteiger charge is 2.30. The van der Waals surface area contributed by atoms with Crippen molar-refractivity contribution in [3.63, 3.8) is 0 Å². The first-order valence-electron chi connectivity index (χ1n) is 8.12. The van der Waals surface area contributed by atoms with Crippen LogP contribution in [0, 0.1) is 0 Å². The Morgan fingerprint density at radius 2 is 1.81 bits per heavy atom. The first-order valence-corrected chi connectivity index (χ1v) is 8.12. The van der Waals surface area contributed by atoms with E-state index in [4.69, 9.17) is 4.74 Å². The molecule has 0 saturated heterocycles. The molecule has 2 aromatic rings. The lowest BCUT2D eigenvalue weighted by Crippen LogP contribution is -2.30. The molecule has 0 heterocycles. The van der Waals surface area contributed by atoms with Gasteiger partial charge in [-0.15, -0.1) is 0 Å². The van der Waals surface area contributed by atoms with E-state index in [0.717, 1.165) is 23.8 Å². The number of rotatable bonds is 6. The van der Waals surface area contributed by atoms with Gasteiger partial charge in [0.1, 0.15) is 0 Å². The number of amides is 1. The lowest BCUT2D eigenvalue weighted by atomic mass is 10.1. The summed E-state index contributed by atoms with van der Waals surface area (Å²) in [4.78, 5) is 23.5. The van der Waals surface area contributed by atoms with Crippen molar-refractivity contribution in [2.24, 2.45) is 0 Å². The zero-order valence-corrected chi connectivity index (χ0v) is 14.5. The number of ether oxygens (including phenoxy) is 1. The number of carbonyl (C=O) groups is 2. The Labute approximate surface area is 154 Å². The molecule has 0 aliphatic heterocycles. The summed E-state index contributed by atoms with van der Waals surface area (Å²) >= 11 is 0. The van der Waals surface area contributed by atoms with E-state index in [-0.39, 0.29) is 11.6 Å². The molecule has 0 aromatic heterocycles. The quantitative estimate of drug-likeness (QED) is 0.608. The van der Waals surface area contributed by atoms with E-state index in [0.29, 0.717) is 0 Å². The number of halogens is 3. The molecule has 27 heavy (non-hydrogen) atoms. The van der Waals surface area contributed by atoms with Crippen molar-refractivity contribution < 1.29 is 27.5 Å². The summed E-state index contributed by atoms with van der Waals surface area (Å²) in [6.45, 7) is 1.31. The average molecular weight is 377 g/mol. The van der Waals surface area contributed by atoms with Gasteiger partial charge in [-0.05, 0) is 36.3 Å². The van der Waals surface area contributed by atoms with Gasteiger partial charge in [0.2, 0.25) is 0 Å². The van der Waals surface area contributed by atoms with Crippen LogP contribution in [0.3, 0.4) is 0 Å². The molecule has 142 valence electrons. The minimum absolute atomic E-state index is 0.198. The molecule has 2 aromatic carbocycles. The molecule has 2 rings (SSSR count). The van der Waals surface area contributed by atoms with E-state index in [1.807, 2.05) is 30.3 Å². The summed E-state index contributed by atoms with van der Waals surface area (Å²) in [6.07, 6.45) is -2.29. The topological polar surface area (TPSA) is 55.4 Å². The molecule has 4 nitrogen and oxygen atoms in total. The van der Waals surface area contributed by atoms with Gasteiger partial charge >= 0.3 is 12.1 Å². The molecule has 0 spiro atoms. The summed E-state index contributed by atoms with van der Waals surface area (Å²) in [5.74, 6) is -1.30. The van der Waals surface area contributed by atoms with Gasteiger partial charge in [0.05, 0.1) is 11.6 Å². The Balaban J connectivity index is 1.83. The minimum Gasteiger partial charge on any atom is -0.452 e. The predicted octanol–water partition coefficient (Wildman–Crippen LogP) is 4.14. The smallest absolute Gasteiger partial charge is 0.416 e. The largest absolute Gasteiger partial charge is 0.452 e. The molecule has 1 atom stereocenters. The highest BCUT2D eigenvalue weighted by Crippen LogP contribution is 2.29. The van der Waals surface area contributed by atoms with Gasteiger partial charge < -0.3 is 10.1 Å². The van der Waals surface area contributed by atoms with Gasteiger partial charge in [0.15, 0.2) is 6.61 Å². The first kappa shape index (κ1) is 20.2. The maximum absolute atomic E-state index is 12.6. The number of esters is 1. The second-order valence-corrected chi connectivity index (χ2v) is 5.76. The highest BCUT2D eigenvalue weighted by molar-refractivity contribution is 5.89. The van der Waals surface area contributed by atoms with Crippen LogP contribution >= 0.6 is 0 Å². The Kier molecular flexibility index (Phi) is 6.76. The monoisotopic (exact) mass is 377 g/mol. The van der Waals surface area contributed by atoms with Gasteiger partial charge in [0.25, 0.3) is 5.91 Å². The maximum atomic E-state index is 12.6. The van der Waals surface area contributed by atoms with Crippen LogP contribution in [0.5, 0.6) is 0 Å². The summed E-state index contributed by atoms with van der Waals surface area (Å²) in [5.41, 5.74) is 0.290. The van der Waals surface area contributed by atoms with Crippen molar-refractivity contribution in [2.45, 2.75) is 19.1 Å². The normalized spacial score (nSPS) is 12.6. The molecule has 0 unspecified atom stereocenters. The summed E-state index contributed by atoms with van der Waals surface area (Å²) in [5, 5.41) is 2.68. The van der Waals surface area contributed by atoms with Gasteiger partial charge in [-0.1, -0.05) is 42.5 Å². The predicted molar refractivity (Wildman–Crippen MR) is 94.4 cm³/mol. The summed E-state index contributed by atoms with van der Waals surface area (Å²) < 4.78 is 42.7. The van der Waals surface area contributed by atoms with E-state index in [1.165, 1.54) is 18.2 Å². The van der Waals surface area contributed by atoms with Crippen molar-refractivity contribution in [1.29, 1.82) is 0 Å². The fourth-order valence-corrected chi connectivity index (χ4v) is 2.28. The summed E-state index contributed by atoms with van der Waals surface area (Å²) in [6, 6.07) is 13.5. The third-order valence-electron chi connectivity index (χ3n) is 3.65. The van der Waals surface area contributed by atoms with Crippen molar-refractivity contribution in [2.75, 3.05) is 6.61 Å². The van der Waals surface area contributed by atoms with Crippen LogP contribution in [-0.4, -0.2) is 18.5 Å². The number of hydrogen-bond donors (Lipinski definition) is 1. The number of carbonyl (C=O) groups excluding carboxylic acids is 2. The van der Waals surface area contributed by atoms with Crippen LogP contribution in [0.1, 0.15) is 29.7 Å². The van der Waals surface area contributed by atoms with Crippen molar-refractivity contribution >= 4 is 18.0 Å². The molecule has 0 fully saturated rings. The molecular weight excluding hydrogens is 359 g/mol. The second-order valence-electron chi connectivity index (χ2n) is 5.76. The SMILES string of the molecule is C[C@@H](NC(=O)COC(=O)/C=C/c1cccc(C(F)(F)F)c1)c1ccccc1. The Bertz CT molecular complexity index is 817. The van der Waals surface area contributed by atoms with Gasteiger partial charge in [-0.3, -0.25) is 4.79 Å². The summed E-state index contributed by atoms with van der Waals surface area (Å²) in [7, 11) is 0. The third-order valence-corrected chi connectivity index (χ3v) is 3.65. The lowest BCUT2D eigenvalue weighted by Gasteiger charge is -2.13. The number of benzene rings is 2. The molecule has 7 heteroatoms. The number of hydrogen-bond acceptors (Lipinski definition) is 3. The fraction of sp³-hybridized carbons (Fsp3) is 0.200. The Hall–Kier alpha value is -3.09.